The molecule has 128 valence electrons. The van der Waals surface area contributed by atoms with Crippen LogP contribution in [0.4, 0.5) is 0 Å². The highest BCUT2D eigenvalue weighted by atomic mass is 16.5. The first-order chi connectivity index (χ1) is 12.1. The first kappa shape index (κ1) is 14.8. The van der Waals surface area contributed by atoms with E-state index >= 15 is 0 Å². The van der Waals surface area contributed by atoms with E-state index in [1.807, 2.05) is 30.3 Å². The van der Waals surface area contributed by atoms with Crippen molar-refractivity contribution < 1.29 is 18.8 Å². The Morgan fingerprint density at radius 2 is 1.72 bits per heavy atom. The molecule has 1 aromatic carbocycles. The third-order valence-electron chi connectivity index (χ3n) is 5.54. The van der Waals surface area contributed by atoms with Gasteiger partial charge in [0.1, 0.15) is 6.04 Å². The number of nitrogens with zero attached hydrogens (tertiary/aromatic N) is 3. The van der Waals surface area contributed by atoms with Gasteiger partial charge in [0.15, 0.2) is 0 Å². The van der Waals surface area contributed by atoms with Gasteiger partial charge >= 0.3 is 0 Å². The molecule has 25 heavy (non-hydrogen) atoms. The molecule has 3 aliphatic rings. The third-order valence-corrected chi connectivity index (χ3v) is 5.54. The number of hydrogen-bond acceptors (Lipinski definition) is 6. The summed E-state index contributed by atoms with van der Waals surface area (Å²) in [6, 6.07) is 8.87. The molecule has 5 atom stereocenters. The summed E-state index contributed by atoms with van der Waals surface area (Å²) in [6.07, 6.45) is 1.47. The van der Waals surface area contributed by atoms with Crippen LogP contribution in [0.15, 0.2) is 34.9 Å². The fraction of sp³-hybridized carbons (Fsp3) is 0.444. The quantitative estimate of drug-likeness (QED) is 0.795. The smallest absolute Gasteiger partial charge is 0.249 e. The van der Waals surface area contributed by atoms with Crippen LogP contribution in [0.25, 0.3) is 11.4 Å². The number of carbonyl (C=O) groups excluding carboxylic acids is 2. The second-order valence-corrected chi connectivity index (χ2v) is 6.89. The van der Waals surface area contributed by atoms with Crippen molar-refractivity contribution in [1.29, 1.82) is 0 Å². The lowest BCUT2D eigenvalue weighted by Crippen LogP contribution is -2.36. The van der Waals surface area contributed by atoms with Crippen LogP contribution in [0, 0.1) is 11.8 Å². The lowest BCUT2D eigenvalue weighted by molar-refractivity contribution is -0.145. The number of imide groups is 1. The second-order valence-electron chi connectivity index (χ2n) is 6.89. The van der Waals surface area contributed by atoms with Crippen molar-refractivity contribution in [3.05, 3.63) is 36.2 Å². The maximum absolute atomic E-state index is 12.8. The Kier molecular flexibility index (Phi) is 3.09. The molecule has 0 saturated carbocycles. The lowest BCUT2D eigenvalue weighted by Gasteiger charge is -2.21. The van der Waals surface area contributed by atoms with Crippen LogP contribution in [0.1, 0.15) is 31.7 Å². The first-order valence-electron chi connectivity index (χ1n) is 8.56. The number of benzene rings is 1. The molecule has 2 aromatic rings. The molecule has 2 bridgehead atoms. The average molecular weight is 339 g/mol. The van der Waals surface area contributed by atoms with E-state index in [1.54, 1.807) is 6.92 Å². The Balaban J connectivity index is 1.43. The zero-order valence-corrected chi connectivity index (χ0v) is 13.7. The monoisotopic (exact) mass is 339 g/mol. The van der Waals surface area contributed by atoms with Crippen LogP contribution >= 0.6 is 0 Å². The summed E-state index contributed by atoms with van der Waals surface area (Å²) in [4.78, 5) is 31.3. The number of aromatic nitrogens is 2. The molecule has 4 heterocycles. The molecule has 0 radical (unpaired) electrons. The largest absolute Gasteiger partial charge is 0.373 e. The minimum absolute atomic E-state index is 0.119. The predicted octanol–water partition coefficient (Wildman–Crippen LogP) is 1.96. The number of fused-ring (bicyclic) bond motifs is 5. The predicted molar refractivity (Wildman–Crippen MR) is 84.9 cm³/mol. The molecule has 3 saturated heterocycles. The van der Waals surface area contributed by atoms with Gasteiger partial charge in [-0.25, -0.2) is 0 Å². The SMILES string of the molecule is CC(c1nc(-c2ccccc2)no1)N1C(=O)C2C3CCC(O3)C2C1=O. The zero-order chi connectivity index (χ0) is 17.1. The summed E-state index contributed by atoms with van der Waals surface area (Å²) < 4.78 is 11.1. The minimum Gasteiger partial charge on any atom is -0.373 e. The summed E-state index contributed by atoms with van der Waals surface area (Å²) in [5.41, 5.74) is 0.826. The molecule has 0 aliphatic carbocycles. The van der Waals surface area contributed by atoms with Crippen molar-refractivity contribution >= 4 is 11.8 Å². The molecule has 5 unspecified atom stereocenters. The summed E-state index contributed by atoms with van der Waals surface area (Å²) in [7, 11) is 0. The summed E-state index contributed by atoms with van der Waals surface area (Å²) in [5.74, 6) is -0.308. The fourth-order valence-electron chi connectivity index (χ4n) is 4.34. The lowest BCUT2D eigenvalue weighted by atomic mass is 9.81. The van der Waals surface area contributed by atoms with Gasteiger partial charge in [-0.05, 0) is 19.8 Å². The minimum atomic E-state index is -0.574. The first-order valence-corrected chi connectivity index (χ1v) is 8.56. The number of ether oxygens (including phenoxy) is 1. The zero-order valence-electron chi connectivity index (χ0n) is 13.7. The number of rotatable bonds is 3. The van der Waals surface area contributed by atoms with Gasteiger partial charge in [-0.3, -0.25) is 14.5 Å². The number of carbonyl (C=O) groups is 2. The van der Waals surface area contributed by atoms with Crippen molar-refractivity contribution in [2.75, 3.05) is 0 Å². The van der Waals surface area contributed by atoms with Gasteiger partial charge in [0.2, 0.25) is 23.5 Å². The molecule has 3 fully saturated rings. The molecule has 3 aliphatic heterocycles. The van der Waals surface area contributed by atoms with Crippen LogP contribution in [0.5, 0.6) is 0 Å². The van der Waals surface area contributed by atoms with E-state index in [1.165, 1.54) is 4.90 Å². The Morgan fingerprint density at radius 1 is 1.08 bits per heavy atom. The third kappa shape index (κ3) is 2.02. The van der Waals surface area contributed by atoms with Crippen LogP contribution in [-0.4, -0.2) is 39.1 Å². The standard InChI is InChI=1S/C18H17N3O4/c1-9(16-19-15(20-25-16)10-5-3-2-4-6-10)21-17(22)13-11-7-8-12(24-11)14(13)18(21)23/h2-6,9,11-14H,7-8H2,1H3. The molecule has 2 amide bonds. The van der Waals surface area contributed by atoms with E-state index in [-0.39, 0.29) is 41.7 Å². The van der Waals surface area contributed by atoms with Crippen molar-refractivity contribution in [3.63, 3.8) is 0 Å². The highest BCUT2D eigenvalue weighted by Gasteiger charge is 2.63. The molecule has 7 heteroatoms. The summed E-state index contributed by atoms with van der Waals surface area (Å²) in [5, 5.41) is 3.98. The molecule has 1 aromatic heterocycles. The van der Waals surface area contributed by atoms with Crippen molar-refractivity contribution in [3.8, 4) is 11.4 Å². The maximum Gasteiger partial charge on any atom is 0.249 e. The second kappa shape index (κ2) is 5.23. The van der Waals surface area contributed by atoms with Gasteiger partial charge in [0, 0.05) is 5.56 Å². The molecule has 5 rings (SSSR count). The van der Waals surface area contributed by atoms with E-state index in [0.29, 0.717) is 5.82 Å². The van der Waals surface area contributed by atoms with E-state index < -0.39 is 6.04 Å². The van der Waals surface area contributed by atoms with E-state index in [4.69, 9.17) is 9.26 Å². The number of hydrogen-bond donors (Lipinski definition) is 0. The van der Waals surface area contributed by atoms with Crippen molar-refractivity contribution in [2.45, 2.75) is 38.0 Å². The van der Waals surface area contributed by atoms with Crippen molar-refractivity contribution in [2.24, 2.45) is 11.8 Å². The van der Waals surface area contributed by atoms with Gasteiger partial charge in [0.05, 0.1) is 24.0 Å². The Hall–Kier alpha value is -2.54. The summed E-state index contributed by atoms with van der Waals surface area (Å²) in [6.45, 7) is 1.75. The van der Waals surface area contributed by atoms with Crippen molar-refractivity contribution in [1.82, 2.24) is 15.0 Å². The molecule has 0 N–H and O–H groups in total. The number of amides is 2. The molecular formula is C18H17N3O4. The Morgan fingerprint density at radius 3 is 2.36 bits per heavy atom. The average Bonchev–Trinajstić information content (AvgIpc) is 3.39. The van der Waals surface area contributed by atoms with E-state index in [9.17, 15) is 9.59 Å². The highest BCUT2D eigenvalue weighted by molar-refractivity contribution is 6.06. The Bertz CT molecular complexity index is 821. The van der Waals surface area contributed by atoms with Crippen LogP contribution in [0.2, 0.25) is 0 Å². The normalized spacial score (nSPS) is 31.6. The fourth-order valence-corrected chi connectivity index (χ4v) is 4.34. The number of likely N-dealkylation sites (tertiary alicyclic amines) is 1. The van der Waals surface area contributed by atoms with Crippen LogP contribution in [0.3, 0.4) is 0 Å². The highest BCUT2D eigenvalue weighted by Crippen LogP contribution is 2.50. The molecule has 0 spiro atoms. The maximum atomic E-state index is 12.8. The molecule has 7 nitrogen and oxygen atoms in total. The topological polar surface area (TPSA) is 85.5 Å². The van der Waals surface area contributed by atoms with Gasteiger partial charge in [-0.2, -0.15) is 4.98 Å². The summed E-state index contributed by atoms with van der Waals surface area (Å²) >= 11 is 0. The van der Waals surface area contributed by atoms with Gasteiger partial charge in [-0.15, -0.1) is 0 Å². The van der Waals surface area contributed by atoms with Gasteiger partial charge < -0.3 is 9.26 Å². The van der Waals surface area contributed by atoms with Gasteiger partial charge in [-0.1, -0.05) is 35.5 Å². The van der Waals surface area contributed by atoms with Gasteiger partial charge in [0.25, 0.3) is 0 Å². The Labute approximate surface area is 144 Å². The molecular weight excluding hydrogens is 322 g/mol. The van der Waals surface area contributed by atoms with E-state index in [0.717, 1.165) is 18.4 Å². The van der Waals surface area contributed by atoms with Crippen LogP contribution in [-0.2, 0) is 14.3 Å². The van der Waals surface area contributed by atoms with E-state index in [2.05, 4.69) is 10.1 Å². The van der Waals surface area contributed by atoms with Crippen LogP contribution < -0.4 is 0 Å².